The van der Waals surface area contributed by atoms with Gasteiger partial charge in [-0.3, -0.25) is 4.98 Å². The fourth-order valence-corrected chi connectivity index (χ4v) is 2.86. The number of rotatable bonds is 3. The van der Waals surface area contributed by atoms with E-state index < -0.39 is 11.7 Å². The van der Waals surface area contributed by atoms with Gasteiger partial charge in [-0.25, -0.2) is 5.10 Å². The second-order valence-electron chi connectivity index (χ2n) is 5.71. The van der Waals surface area contributed by atoms with Crippen molar-refractivity contribution in [2.45, 2.75) is 6.18 Å². The van der Waals surface area contributed by atoms with Gasteiger partial charge >= 0.3 is 6.18 Å². The van der Waals surface area contributed by atoms with Crippen LogP contribution in [0.2, 0.25) is 0 Å². The Morgan fingerprint density at radius 2 is 1.85 bits per heavy atom. The molecule has 5 nitrogen and oxygen atoms in total. The third kappa shape index (κ3) is 3.29. The molecular formula is C19H11F3N5. The van der Waals surface area contributed by atoms with Crippen LogP contribution >= 0.6 is 0 Å². The average Bonchev–Trinajstić information content (AvgIpc) is 3.22. The van der Waals surface area contributed by atoms with Gasteiger partial charge in [-0.15, -0.1) is 5.10 Å². The number of tetrazole rings is 1. The predicted octanol–water partition coefficient (Wildman–Crippen LogP) is 4.41. The number of alkyl halides is 3. The molecule has 0 saturated heterocycles. The van der Waals surface area contributed by atoms with E-state index in [-0.39, 0.29) is 0 Å². The molecular weight excluding hydrogens is 355 g/mol. The van der Waals surface area contributed by atoms with E-state index in [2.05, 4.69) is 31.7 Å². The zero-order chi connectivity index (χ0) is 18.9. The summed E-state index contributed by atoms with van der Waals surface area (Å²) in [5.74, 6) is 0.313. The first-order valence-corrected chi connectivity index (χ1v) is 7.91. The monoisotopic (exact) mass is 366 g/mol. The minimum Gasteiger partial charge on any atom is -0.264 e. The number of hydrogen-bond donors (Lipinski definition) is 1. The molecule has 2 aromatic heterocycles. The molecule has 2 aromatic carbocycles. The van der Waals surface area contributed by atoms with Crippen LogP contribution in [0.3, 0.4) is 0 Å². The van der Waals surface area contributed by atoms with Crippen molar-refractivity contribution >= 4 is 0 Å². The molecule has 4 aromatic rings. The first-order chi connectivity index (χ1) is 13.0. The third-order valence-electron chi connectivity index (χ3n) is 4.03. The fourth-order valence-electron chi connectivity index (χ4n) is 2.86. The van der Waals surface area contributed by atoms with Gasteiger partial charge in [0.1, 0.15) is 0 Å². The molecule has 1 radical (unpaired) electrons. The molecule has 1 N–H and O–H groups in total. The molecule has 0 unspecified atom stereocenters. The first kappa shape index (κ1) is 16.9. The molecule has 2 heterocycles. The highest BCUT2D eigenvalue weighted by molar-refractivity contribution is 5.92. The maximum Gasteiger partial charge on any atom is 0.416 e. The number of aromatic nitrogens is 5. The minimum absolute atomic E-state index is 0.313. The number of halogens is 3. The van der Waals surface area contributed by atoms with Gasteiger partial charge in [0, 0.05) is 29.1 Å². The van der Waals surface area contributed by atoms with Crippen molar-refractivity contribution in [2.24, 2.45) is 0 Å². The van der Waals surface area contributed by atoms with E-state index in [1.165, 1.54) is 6.07 Å². The molecule has 0 spiro atoms. The van der Waals surface area contributed by atoms with Gasteiger partial charge < -0.3 is 0 Å². The maximum absolute atomic E-state index is 13.2. The SMILES string of the molecule is FC(F)(F)c1cccc(-c2c(-c3nnn[nH]3)[c]ccc2-c2cccnc2)c1. The summed E-state index contributed by atoms with van der Waals surface area (Å²) < 4.78 is 39.7. The summed E-state index contributed by atoms with van der Waals surface area (Å²) in [4.78, 5) is 4.11. The Labute approximate surface area is 151 Å². The molecule has 0 amide bonds. The summed E-state index contributed by atoms with van der Waals surface area (Å²) in [5, 5.41) is 13.7. The van der Waals surface area contributed by atoms with Crippen LogP contribution in [-0.4, -0.2) is 25.6 Å². The molecule has 133 valence electrons. The summed E-state index contributed by atoms with van der Waals surface area (Å²) in [5.41, 5.74) is 2.12. The smallest absolute Gasteiger partial charge is 0.264 e. The molecule has 8 heteroatoms. The number of nitrogens with one attached hydrogen (secondary N) is 1. The maximum atomic E-state index is 13.2. The normalized spacial score (nSPS) is 11.5. The number of aromatic amines is 1. The van der Waals surface area contributed by atoms with E-state index >= 15 is 0 Å². The van der Waals surface area contributed by atoms with Crippen LogP contribution in [-0.2, 0) is 6.18 Å². The second kappa shape index (κ2) is 6.64. The molecule has 0 atom stereocenters. The van der Waals surface area contributed by atoms with Crippen LogP contribution in [0, 0.1) is 6.07 Å². The zero-order valence-electron chi connectivity index (χ0n) is 13.7. The Balaban J connectivity index is 2.01. The van der Waals surface area contributed by atoms with Gasteiger partial charge in [0.25, 0.3) is 0 Å². The summed E-state index contributed by atoms with van der Waals surface area (Å²) >= 11 is 0. The highest BCUT2D eigenvalue weighted by Crippen LogP contribution is 2.40. The predicted molar refractivity (Wildman–Crippen MR) is 92.1 cm³/mol. The lowest BCUT2D eigenvalue weighted by atomic mass is 9.90. The van der Waals surface area contributed by atoms with Crippen molar-refractivity contribution in [1.82, 2.24) is 25.6 Å². The summed E-state index contributed by atoms with van der Waals surface area (Å²) in [7, 11) is 0. The molecule has 0 aliphatic carbocycles. The molecule has 0 aliphatic heterocycles. The lowest BCUT2D eigenvalue weighted by molar-refractivity contribution is -0.137. The number of benzene rings is 2. The van der Waals surface area contributed by atoms with Crippen LogP contribution in [0.1, 0.15) is 5.56 Å². The van der Waals surface area contributed by atoms with E-state index in [0.717, 1.165) is 17.7 Å². The first-order valence-electron chi connectivity index (χ1n) is 7.91. The van der Waals surface area contributed by atoms with Crippen molar-refractivity contribution in [3.63, 3.8) is 0 Å². The third-order valence-corrected chi connectivity index (χ3v) is 4.03. The summed E-state index contributed by atoms with van der Waals surface area (Å²) in [6, 6.07) is 15.2. The molecule has 0 fully saturated rings. The lowest BCUT2D eigenvalue weighted by Crippen LogP contribution is -2.04. The Bertz CT molecular complexity index is 1060. The van der Waals surface area contributed by atoms with Gasteiger partial charge in [0.05, 0.1) is 5.56 Å². The minimum atomic E-state index is -4.45. The van der Waals surface area contributed by atoms with E-state index in [9.17, 15) is 13.2 Å². The van der Waals surface area contributed by atoms with Gasteiger partial charge in [-0.2, -0.15) is 13.2 Å². The summed E-state index contributed by atoms with van der Waals surface area (Å²) in [6.07, 6.45) is -1.17. The Kier molecular flexibility index (Phi) is 4.15. The average molecular weight is 366 g/mol. The van der Waals surface area contributed by atoms with E-state index in [0.29, 0.717) is 28.1 Å². The van der Waals surface area contributed by atoms with E-state index in [1.54, 1.807) is 36.7 Å². The van der Waals surface area contributed by atoms with Crippen LogP contribution in [0.25, 0.3) is 33.6 Å². The van der Waals surface area contributed by atoms with E-state index in [4.69, 9.17) is 0 Å². The van der Waals surface area contributed by atoms with Crippen LogP contribution < -0.4 is 0 Å². The van der Waals surface area contributed by atoms with Crippen molar-refractivity contribution in [3.05, 3.63) is 72.6 Å². The number of nitrogens with zero attached hydrogens (tertiary/aromatic N) is 4. The molecule has 0 aliphatic rings. The quantitative estimate of drug-likeness (QED) is 0.583. The Morgan fingerprint density at radius 3 is 2.56 bits per heavy atom. The van der Waals surface area contributed by atoms with Crippen LogP contribution in [0.4, 0.5) is 13.2 Å². The van der Waals surface area contributed by atoms with E-state index in [1.807, 2.05) is 6.07 Å². The highest BCUT2D eigenvalue weighted by Gasteiger charge is 2.31. The lowest BCUT2D eigenvalue weighted by Gasteiger charge is -2.15. The van der Waals surface area contributed by atoms with Crippen molar-refractivity contribution in [2.75, 3.05) is 0 Å². The fraction of sp³-hybridized carbons (Fsp3) is 0.0526. The molecule has 27 heavy (non-hydrogen) atoms. The van der Waals surface area contributed by atoms with Gasteiger partial charge in [0.15, 0.2) is 5.82 Å². The van der Waals surface area contributed by atoms with Crippen molar-refractivity contribution in [1.29, 1.82) is 0 Å². The van der Waals surface area contributed by atoms with Gasteiger partial charge in [-0.05, 0) is 45.8 Å². The topological polar surface area (TPSA) is 67.3 Å². The Hall–Kier alpha value is -3.55. The zero-order valence-corrected chi connectivity index (χ0v) is 13.7. The number of pyridine rings is 1. The van der Waals surface area contributed by atoms with Crippen LogP contribution in [0.5, 0.6) is 0 Å². The molecule has 4 rings (SSSR count). The van der Waals surface area contributed by atoms with Crippen molar-refractivity contribution in [3.8, 4) is 33.6 Å². The second-order valence-corrected chi connectivity index (χ2v) is 5.71. The van der Waals surface area contributed by atoms with Crippen LogP contribution in [0.15, 0.2) is 60.9 Å². The Morgan fingerprint density at radius 1 is 1.00 bits per heavy atom. The highest BCUT2D eigenvalue weighted by atomic mass is 19.4. The number of H-pyrrole nitrogens is 1. The van der Waals surface area contributed by atoms with Gasteiger partial charge in [-0.1, -0.05) is 30.3 Å². The standard InChI is InChI=1S/C19H11F3N5/c20-19(21,22)14-6-1-4-12(10-14)17-15(13-5-3-9-23-11-13)7-2-8-16(17)18-24-26-27-25-18/h1-7,9-11H,(H,24,25,26,27). The molecule has 0 saturated carbocycles. The molecule has 0 bridgehead atoms. The summed E-state index contributed by atoms with van der Waals surface area (Å²) in [6.45, 7) is 0. The largest absolute Gasteiger partial charge is 0.416 e. The van der Waals surface area contributed by atoms with Crippen molar-refractivity contribution < 1.29 is 13.2 Å². The number of hydrogen-bond acceptors (Lipinski definition) is 4. The van der Waals surface area contributed by atoms with Gasteiger partial charge in [0.2, 0.25) is 0 Å².